The number of benzene rings is 1. The monoisotopic (exact) mass is 279 g/mol. The predicted octanol–water partition coefficient (Wildman–Crippen LogP) is 4.81. The van der Waals surface area contributed by atoms with Crippen LogP contribution in [0.25, 0.3) is 0 Å². The minimum atomic E-state index is -0.00899. The Bertz CT molecular complexity index is 570. The van der Waals surface area contributed by atoms with Crippen LogP contribution in [0.4, 0.5) is 0 Å². The second kappa shape index (κ2) is 5.25. The number of aromatic nitrogens is 1. The average molecular weight is 280 g/mol. The van der Waals surface area contributed by atoms with Crippen LogP contribution in [0, 0.1) is 6.92 Å². The first-order valence-electron chi connectivity index (χ1n) is 6.19. The quantitative estimate of drug-likeness (QED) is 0.756. The van der Waals surface area contributed by atoms with E-state index in [1.165, 1.54) is 6.26 Å². The van der Waals surface area contributed by atoms with Crippen LogP contribution in [-0.4, -0.2) is 4.98 Å². The minimum absolute atomic E-state index is 0.00899. The topological polar surface area (TPSA) is 35.3 Å². The molecule has 1 heterocycles. The summed E-state index contributed by atoms with van der Waals surface area (Å²) in [4.78, 5) is 4.16. The van der Waals surface area contributed by atoms with Gasteiger partial charge in [-0.15, -0.1) is 11.6 Å². The van der Waals surface area contributed by atoms with Gasteiger partial charge in [0.1, 0.15) is 12.0 Å². The first kappa shape index (κ1) is 13.9. The van der Waals surface area contributed by atoms with Crippen LogP contribution >= 0.6 is 11.6 Å². The van der Waals surface area contributed by atoms with E-state index in [4.69, 9.17) is 20.8 Å². The summed E-state index contributed by atoms with van der Waals surface area (Å²) in [5.41, 5.74) is 2.91. The molecule has 19 heavy (non-hydrogen) atoms. The highest BCUT2D eigenvalue weighted by Crippen LogP contribution is 2.34. The lowest BCUT2D eigenvalue weighted by molar-refractivity contribution is 0.324. The SMILES string of the molecule is Cc1ccc(C(C)(C)C)c(Oc2nc(CCl)co2)c1. The second-order valence-electron chi connectivity index (χ2n) is 5.59. The molecule has 102 valence electrons. The number of ether oxygens (including phenoxy) is 1. The summed E-state index contributed by atoms with van der Waals surface area (Å²) < 4.78 is 11.0. The molecular weight excluding hydrogens is 262 g/mol. The van der Waals surface area contributed by atoms with Gasteiger partial charge in [-0.05, 0) is 24.0 Å². The van der Waals surface area contributed by atoms with Gasteiger partial charge >= 0.3 is 6.08 Å². The van der Waals surface area contributed by atoms with E-state index >= 15 is 0 Å². The average Bonchev–Trinajstić information content (AvgIpc) is 2.75. The number of hydrogen-bond acceptors (Lipinski definition) is 3. The number of hydrogen-bond donors (Lipinski definition) is 0. The van der Waals surface area contributed by atoms with E-state index in [0.717, 1.165) is 16.9 Å². The van der Waals surface area contributed by atoms with Gasteiger partial charge in [-0.1, -0.05) is 32.9 Å². The highest BCUT2D eigenvalue weighted by molar-refractivity contribution is 6.16. The molecule has 0 spiro atoms. The Morgan fingerprint density at radius 1 is 1.32 bits per heavy atom. The lowest BCUT2D eigenvalue weighted by atomic mass is 9.86. The fraction of sp³-hybridized carbons (Fsp3) is 0.400. The van der Waals surface area contributed by atoms with Crippen molar-refractivity contribution in [3.05, 3.63) is 41.3 Å². The van der Waals surface area contributed by atoms with Crippen molar-refractivity contribution in [2.24, 2.45) is 0 Å². The van der Waals surface area contributed by atoms with Crippen LogP contribution < -0.4 is 4.74 Å². The minimum Gasteiger partial charge on any atom is -0.417 e. The van der Waals surface area contributed by atoms with E-state index in [0.29, 0.717) is 11.6 Å². The Morgan fingerprint density at radius 2 is 2.05 bits per heavy atom. The van der Waals surface area contributed by atoms with Gasteiger partial charge in [0.15, 0.2) is 0 Å². The van der Waals surface area contributed by atoms with Crippen LogP contribution in [-0.2, 0) is 11.3 Å². The molecule has 0 amide bonds. The maximum Gasteiger partial charge on any atom is 0.399 e. The maximum atomic E-state index is 5.76. The van der Waals surface area contributed by atoms with E-state index in [1.807, 2.05) is 13.0 Å². The summed E-state index contributed by atoms with van der Waals surface area (Å²) in [6, 6.07) is 6.15. The van der Waals surface area contributed by atoms with Crippen LogP contribution in [0.3, 0.4) is 0 Å². The summed E-state index contributed by atoms with van der Waals surface area (Å²) in [6.45, 7) is 8.46. The summed E-state index contributed by atoms with van der Waals surface area (Å²) in [7, 11) is 0. The predicted molar refractivity (Wildman–Crippen MR) is 76.0 cm³/mol. The fourth-order valence-corrected chi connectivity index (χ4v) is 1.95. The smallest absolute Gasteiger partial charge is 0.399 e. The number of halogens is 1. The van der Waals surface area contributed by atoms with Gasteiger partial charge in [-0.3, -0.25) is 0 Å². The zero-order valence-corrected chi connectivity index (χ0v) is 12.4. The van der Waals surface area contributed by atoms with E-state index < -0.39 is 0 Å². The highest BCUT2D eigenvalue weighted by Gasteiger charge is 2.20. The van der Waals surface area contributed by atoms with Crippen molar-refractivity contribution in [2.45, 2.75) is 39.0 Å². The number of alkyl halides is 1. The Balaban J connectivity index is 2.35. The van der Waals surface area contributed by atoms with Crippen LogP contribution in [0.2, 0.25) is 0 Å². The van der Waals surface area contributed by atoms with Gasteiger partial charge in [0, 0.05) is 5.56 Å². The number of rotatable bonds is 3. The standard InChI is InChI=1S/C15H18ClNO2/c1-10-5-6-12(15(2,3)4)13(7-10)19-14-17-11(8-16)9-18-14/h5-7,9H,8H2,1-4H3. The van der Waals surface area contributed by atoms with Gasteiger partial charge in [-0.25, -0.2) is 0 Å². The third-order valence-corrected chi connectivity index (χ3v) is 3.08. The van der Waals surface area contributed by atoms with E-state index in [2.05, 4.69) is 37.9 Å². The van der Waals surface area contributed by atoms with Gasteiger partial charge in [-0.2, -0.15) is 4.98 Å². The van der Waals surface area contributed by atoms with E-state index in [9.17, 15) is 0 Å². The molecule has 2 rings (SSSR count). The second-order valence-corrected chi connectivity index (χ2v) is 5.86. The molecule has 0 atom stereocenters. The summed E-state index contributed by atoms with van der Waals surface area (Å²) in [6.07, 6.45) is 1.74. The van der Waals surface area contributed by atoms with Crippen molar-refractivity contribution in [1.82, 2.24) is 4.98 Å². The molecule has 3 nitrogen and oxygen atoms in total. The van der Waals surface area contributed by atoms with Crippen molar-refractivity contribution < 1.29 is 9.15 Å². The zero-order chi connectivity index (χ0) is 14.0. The molecule has 0 aliphatic heterocycles. The van der Waals surface area contributed by atoms with Gasteiger partial charge in [0.05, 0.1) is 11.6 Å². The third kappa shape index (κ3) is 3.29. The lowest BCUT2D eigenvalue weighted by Crippen LogP contribution is -2.12. The molecule has 0 saturated heterocycles. The molecule has 0 aliphatic rings. The van der Waals surface area contributed by atoms with Crippen LogP contribution in [0.15, 0.2) is 28.9 Å². The third-order valence-electron chi connectivity index (χ3n) is 2.81. The van der Waals surface area contributed by atoms with E-state index in [-0.39, 0.29) is 11.5 Å². The van der Waals surface area contributed by atoms with Gasteiger partial charge < -0.3 is 9.15 Å². The highest BCUT2D eigenvalue weighted by atomic mass is 35.5. The van der Waals surface area contributed by atoms with Gasteiger partial charge in [0.25, 0.3) is 0 Å². The molecule has 0 fully saturated rings. The molecule has 0 bridgehead atoms. The summed E-state index contributed by atoms with van der Waals surface area (Å²) >= 11 is 5.69. The Hall–Kier alpha value is -1.48. The molecule has 0 radical (unpaired) electrons. The first-order chi connectivity index (χ1) is 8.90. The van der Waals surface area contributed by atoms with Crippen molar-refractivity contribution in [3.63, 3.8) is 0 Å². The maximum absolute atomic E-state index is 5.76. The number of oxazole rings is 1. The van der Waals surface area contributed by atoms with E-state index in [1.54, 1.807) is 0 Å². The molecule has 1 aromatic heterocycles. The number of nitrogens with zero attached hydrogens (tertiary/aromatic N) is 1. The van der Waals surface area contributed by atoms with Crippen LogP contribution in [0.1, 0.15) is 37.6 Å². The largest absolute Gasteiger partial charge is 0.417 e. The molecule has 4 heteroatoms. The molecular formula is C15H18ClNO2. The molecule has 0 N–H and O–H groups in total. The van der Waals surface area contributed by atoms with Gasteiger partial charge in [0.2, 0.25) is 0 Å². The number of aryl methyl sites for hydroxylation is 1. The molecule has 1 aromatic carbocycles. The summed E-state index contributed by atoms with van der Waals surface area (Å²) in [5.74, 6) is 1.09. The van der Waals surface area contributed by atoms with Crippen LogP contribution in [0.5, 0.6) is 11.8 Å². The molecule has 2 aromatic rings. The van der Waals surface area contributed by atoms with Crippen molar-refractivity contribution >= 4 is 11.6 Å². The zero-order valence-electron chi connectivity index (χ0n) is 11.7. The molecule has 0 unspecified atom stereocenters. The Morgan fingerprint density at radius 3 is 2.63 bits per heavy atom. The van der Waals surface area contributed by atoms with Crippen molar-refractivity contribution in [3.8, 4) is 11.8 Å². The normalized spacial score (nSPS) is 11.6. The first-order valence-corrected chi connectivity index (χ1v) is 6.73. The Kier molecular flexibility index (Phi) is 3.85. The van der Waals surface area contributed by atoms with Crippen molar-refractivity contribution in [2.75, 3.05) is 0 Å². The Labute approximate surface area is 118 Å². The summed E-state index contributed by atoms with van der Waals surface area (Å²) in [5, 5.41) is 0. The lowest BCUT2D eigenvalue weighted by Gasteiger charge is -2.22. The van der Waals surface area contributed by atoms with Crippen molar-refractivity contribution in [1.29, 1.82) is 0 Å². The molecule has 0 aliphatic carbocycles. The molecule has 0 saturated carbocycles. The fourth-order valence-electron chi connectivity index (χ4n) is 1.82.